The molecule has 1 unspecified atom stereocenters. The first-order valence-electron chi connectivity index (χ1n) is 4.83. The number of carbonyl (C=O) groups is 1. The highest BCUT2D eigenvalue weighted by Crippen LogP contribution is 2.47. The Morgan fingerprint density at radius 1 is 1.54 bits per heavy atom. The summed E-state index contributed by atoms with van der Waals surface area (Å²) in [6.45, 7) is 3.98. The molecule has 1 fully saturated rings. The van der Waals surface area contributed by atoms with E-state index >= 15 is 0 Å². The molecule has 2 rings (SSSR count). The first-order chi connectivity index (χ1) is 6.04. The smallest absolute Gasteiger partial charge is 0.313 e. The summed E-state index contributed by atoms with van der Waals surface area (Å²) in [5, 5.41) is 0. The maximum atomic E-state index is 11.7. The molecular formula is C11H15O2. The average molecular weight is 179 g/mol. The molecule has 1 saturated heterocycles. The van der Waals surface area contributed by atoms with Crippen LogP contribution in [0.1, 0.15) is 39.5 Å². The summed E-state index contributed by atoms with van der Waals surface area (Å²) in [5.41, 5.74) is -0.475. The Labute approximate surface area is 79.0 Å². The van der Waals surface area contributed by atoms with Crippen LogP contribution in [0, 0.1) is 11.5 Å². The second kappa shape index (κ2) is 2.60. The van der Waals surface area contributed by atoms with Gasteiger partial charge in [0.15, 0.2) is 0 Å². The maximum Gasteiger partial charge on any atom is 0.313 e. The molecule has 1 aliphatic heterocycles. The molecule has 2 aliphatic rings. The van der Waals surface area contributed by atoms with Crippen LogP contribution in [0.5, 0.6) is 0 Å². The van der Waals surface area contributed by atoms with E-state index in [2.05, 4.69) is 6.08 Å². The van der Waals surface area contributed by atoms with Gasteiger partial charge in [-0.1, -0.05) is 6.08 Å². The molecule has 0 bridgehead atoms. The Kier molecular flexibility index (Phi) is 1.76. The van der Waals surface area contributed by atoms with Gasteiger partial charge in [-0.25, -0.2) is 0 Å². The van der Waals surface area contributed by atoms with Gasteiger partial charge < -0.3 is 4.74 Å². The van der Waals surface area contributed by atoms with Gasteiger partial charge >= 0.3 is 5.97 Å². The van der Waals surface area contributed by atoms with E-state index in [1.807, 2.05) is 19.9 Å². The third-order valence-electron chi connectivity index (χ3n) is 2.95. The van der Waals surface area contributed by atoms with Crippen LogP contribution in [0.2, 0.25) is 0 Å². The van der Waals surface area contributed by atoms with E-state index in [0.717, 1.165) is 25.7 Å². The van der Waals surface area contributed by atoms with Crippen molar-refractivity contribution in [1.29, 1.82) is 0 Å². The number of hydrogen-bond acceptors (Lipinski definition) is 2. The molecule has 0 amide bonds. The largest absolute Gasteiger partial charge is 0.459 e. The summed E-state index contributed by atoms with van der Waals surface area (Å²) >= 11 is 0. The van der Waals surface area contributed by atoms with Crippen LogP contribution >= 0.6 is 0 Å². The lowest BCUT2D eigenvalue weighted by atomic mass is 9.73. The molecule has 1 radical (unpaired) electrons. The maximum absolute atomic E-state index is 11.7. The van der Waals surface area contributed by atoms with Crippen molar-refractivity contribution >= 4 is 5.97 Å². The zero-order valence-electron chi connectivity index (χ0n) is 8.22. The second-order valence-electron chi connectivity index (χ2n) is 4.72. The molecule has 0 aromatic carbocycles. The predicted octanol–water partition coefficient (Wildman–Crippen LogP) is 2.24. The fourth-order valence-corrected chi connectivity index (χ4v) is 2.41. The van der Waals surface area contributed by atoms with Crippen LogP contribution in [0.4, 0.5) is 0 Å². The Morgan fingerprint density at radius 2 is 2.31 bits per heavy atom. The monoisotopic (exact) mass is 179 g/mol. The minimum Gasteiger partial charge on any atom is -0.459 e. The van der Waals surface area contributed by atoms with Gasteiger partial charge in [-0.3, -0.25) is 4.79 Å². The lowest BCUT2D eigenvalue weighted by Crippen LogP contribution is -2.27. The lowest BCUT2D eigenvalue weighted by Gasteiger charge is -2.25. The molecule has 1 heterocycles. The van der Waals surface area contributed by atoms with E-state index in [4.69, 9.17) is 4.74 Å². The molecule has 1 aliphatic carbocycles. The van der Waals surface area contributed by atoms with E-state index in [0.29, 0.717) is 0 Å². The molecule has 71 valence electrons. The van der Waals surface area contributed by atoms with Gasteiger partial charge in [0.25, 0.3) is 0 Å². The summed E-state index contributed by atoms with van der Waals surface area (Å²) in [6.07, 6.45) is 8.62. The van der Waals surface area contributed by atoms with E-state index < -0.39 is 0 Å². The Bertz CT molecular complexity index is 265. The van der Waals surface area contributed by atoms with Crippen LogP contribution < -0.4 is 0 Å². The van der Waals surface area contributed by atoms with Crippen molar-refractivity contribution in [2.75, 3.05) is 0 Å². The number of esters is 1. The Morgan fingerprint density at radius 3 is 2.77 bits per heavy atom. The van der Waals surface area contributed by atoms with Crippen molar-refractivity contribution in [2.24, 2.45) is 5.41 Å². The van der Waals surface area contributed by atoms with E-state index in [-0.39, 0.29) is 17.0 Å². The first kappa shape index (κ1) is 8.79. The number of ether oxygens (including phenoxy) is 1. The molecule has 13 heavy (non-hydrogen) atoms. The predicted molar refractivity (Wildman–Crippen MR) is 48.9 cm³/mol. The number of rotatable bonds is 0. The minimum absolute atomic E-state index is 0.00440. The minimum atomic E-state index is -0.262. The Balaban J connectivity index is 2.24. The van der Waals surface area contributed by atoms with Gasteiger partial charge in [-0.15, -0.1) is 0 Å². The quantitative estimate of drug-likeness (QED) is 0.533. The second-order valence-corrected chi connectivity index (χ2v) is 4.72. The van der Waals surface area contributed by atoms with Crippen LogP contribution in [-0.4, -0.2) is 11.6 Å². The van der Waals surface area contributed by atoms with E-state index in [1.54, 1.807) is 0 Å². The van der Waals surface area contributed by atoms with Crippen molar-refractivity contribution in [1.82, 2.24) is 0 Å². The first-order valence-corrected chi connectivity index (χ1v) is 4.83. The fourth-order valence-electron chi connectivity index (χ4n) is 2.41. The molecule has 1 atom stereocenters. The lowest BCUT2D eigenvalue weighted by molar-refractivity contribution is -0.152. The molecule has 0 aromatic heterocycles. The van der Waals surface area contributed by atoms with Crippen molar-refractivity contribution in [3.63, 3.8) is 0 Å². The van der Waals surface area contributed by atoms with Crippen LogP contribution in [-0.2, 0) is 9.53 Å². The van der Waals surface area contributed by atoms with Gasteiger partial charge in [0.05, 0.1) is 5.41 Å². The molecule has 0 aromatic rings. The third kappa shape index (κ3) is 1.38. The standard InChI is InChI=1S/C11H15O2/c1-10(2)8-11(9(12)13-10)6-4-3-5-7-11/h4H,5-8H2,1-2H3. The van der Waals surface area contributed by atoms with E-state index in [1.165, 1.54) is 0 Å². The van der Waals surface area contributed by atoms with Crippen molar-refractivity contribution in [3.8, 4) is 0 Å². The van der Waals surface area contributed by atoms with Gasteiger partial charge in [0.2, 0.25) is 0 Å². The third-order valence-corrected chi connectivity index (χ3v) is 2.95. The zero-order valence-corrected chi connectivity index (χ0v) is 8.22. The molecule has 0 N–H and O–H groups in total. The molecular weight excluding hydrogens is 164 g/mol. The van der Waals surface area contributed by atoms with Gasteiger partial charge in [0.1, 0.15) is 5.60 Å². The highest BCUT2D eigenvalue weighted by molar-refractivity contribution is 5.80. The summed E-state index contributed by atoms with van der Waals surface area (Å²) < 4.78 is 5.36. The molecule has 0 saturated carbocycles. The summed E-state index contributed by atoms with van der Waals surface area (Å²) in [7, 11) is 0. The number of cyclic esters (lactones) is 1. The zero-order chi connectivity index (χ0) is 9.53. The summed E-state index contributed by atoms with van der Waals surface area (Å²) in [5.74, 6) is -0.00440. The van der Waals surface area contributed by atoms with Gasteiger partial charge in [-0.05, 0) is 39.2 Å². The number of hydrogen-bond donors (Lipinski definition) is 0. The van der Waals surface area contributed by atoms with Gasteiger partial charge in [-0.2, -0.15) is 0 Å². The number of carbonyl (C=O) groups excluding carboxylic acids is 1. The summed E-state index contributed by atoms with van der Waals surface area (Å²) in [6, 6.07) is 0. The average Bonchev–Trinajstić information content (AvgIpc) is 2.23. The van der Waals surface area contributed by atoms with Crippen LogP contribution in [0.3, 0.4) is 0 Å². The van der Waals surface area contributed by atoms with Crippen molar-refractivity contribution in [3.05, 3.63) is 12.2 Å². The Hall–Kier alpha value is -0.790. The summed E-state index contributed by atoms with van der Waals surface area (Å²) in [4.78, 5) is 11.7. The van der Waals surface area contributed by atoms with Crippen molar-refractivity contribution < 1.29 is 9.53 Å². The van der Waals surface area contributed by atoms with Crippen molar-refractivity contribution in [2.45, 2.75) is 45.1 Å². The molecule has 1 spiro atoms. The SMILES string of the molecule is CC1(C)CC2(CC=[C]CC2)C(=O)O1. The number of allylic oxidation sites excluding steroid dienone is 2. The topological polar surface area (TPSA) is 26.3 Å². The van der Waals surface area contributed by atoms with Crippen LogP contribution in [0.15, 0.2) is 6.08 Å². The van der Waals surface area contributed by atoms with Crippen LogP contribution in [0.25, 0.3) is 0 Å². The fraction of sp³-hybridized carbons (Fsp3) is 0.727. The van der Waals surface area contributed by atoms with E-state index in [9.17, 15) is 4.79 Å². The normalized spacial score (nSPS) is 36.6. The molecule has 2 nitrogen and oxygen atoms in total. The highest BCUT2D eigenvalue weighted by atomic mass is 16.6. The molecule has 2 heteroatoms. The van der Waals surface area contributed by atoms with Gasteiger partial charge in [0, 0.05) is 6.42 Å². The highest BCUT2D eigenvalue weighted by Gasteiger charge is 2.51.